The Bertz CT molecular complexity index is 834. The number of hydrogen-bond acceptors (Lipinski definition) is 7. The molecule has 2 aromatic rings. The van der Waals surface area contributed by atoms with Gasteiger partial charge in [0.25, 0.3) is 5.91 Å². The number of benzene rings is 1. The second kappa shape index (κ2) is 10.1. The minimum atomic E-state index is -0.906. The molecule has 150 valence electrons. The Morgan fingerprint density at radius 1 is 1.21 bits per heavy atom. The lowest BCUT2D eigenvalue weighted by atomic mass is 10.1. The summed E-state index contributed by atoms with van der Waals surface area (Å²) in [6.07, 6.45) is 1.63. The molecule has 28 heavy (non-hydrogen) atoms. The fraction of sp³-hybridized carbons (Fsp3) is 0.400. The van der Waals surface area contributed by atoms with Crippen molar-refractivity contribution in [1.82, 2.24) is 9.97 Å². The lowest BCUT2D eigenvalue weighted by Gasteiger charge is -2.14. The van der Waals surface area contributed by atoms with Crippen molar-refractivity contribution in [2.75, 3.05) is 18.7 Å². The van der Waals surface area contributed by atoms with Crippen molar-refractivity contribution in [3.8, 4) is 5.75 Å². The lowest BCUT2D eigenvalue weighted by molar-refractivity contribution is -0.153. The van der Waals surface area contributed by atoms with E-state index in [2.05, 4.69) is 15.3 Å². The number of carbonyl (C=O) groups is 2. The normalized spacial score (nSPS) is 11.6. The first-order chi connectivity index (χ1) is 13.3. The van der Waals surface area contributed by atoms with Crippen LogP contribution in [-0.4, -0.2) is 41.3 Å². The van der Waals surface area contributed by atoms with Crippen molar-refractivity contribution in [3.63, 3.8) is 0 Å². The Labute approximate surface area is 169 Å². The van der Waals surface area contributed by atoms with Gasteiger partial charge in [0.1, 0.15) is 5.75 Å². The Kier molecular flexibility index (Phi) is 7.80. The number of thioether (sulfide) groups is 1. The van der Waals surface area contributed by atoms with Crippen LogP contribution in [0.2, 0.25) is 0 Å². The summed E-state index contributed by atoms with van der Waals surface area (Å²) in [5.74, 6) is -0.217. The SMILES string of the molecule is COc1cccc(NC(=O)[C@H](C)OC(=O)CCc2c(C)nc(SC)nc2C)c1. The number of aromatic nitrogens is 2. The van der Waals surface area contributed by atoms with Crippen LogP contribution >= 0.6 is 11.8 Å². The van der Waals surface area contributed by atoms with E-state index in [0.29, 0.717) is 23.0 Å². The molecule has 0 aliphatic heterocycles. The van der Waals surface area contributed by atoms with E-state index in [1.165, 1.54) is 11.8 Å². The number of methoxy groups -OCH3 is 1. The molecule has 0 bridgehead atoms. The van der Waals surface area contributed by atoms with Crippen LogP contribution in [-0.2, 0) is 20.7 Å². The predicted octanol–water partition coefficient (Wildman–Crippen LogP) is 3.33. The highest BCUT2D eigenvalue weighted by Gasteiger charge is 2.19. The van der Waals surface area contributed by atoms with E-state index in [4.69, 9.17) is 9.47 Å². The lowest BCUT2D eigenvalue weighted by Crippen LogP contribution is -2.30. The van der Waals surface area contributed by atoms with Gasteiger partial charge < -0.3 is 14.8 Å². The number of esters is 1. The number of nitrogens with one attached hydrogen (secondary N) is 1. The third-order valence-electron chi connectivity index (χ3n) is 4.18. The van der Waals surface area contributed by atoms with Crippen LogP contribution in [0.3, 0.4) is 0 Å². The molecule has 7 nitrogen and oxygen atoms in total. The first-order valence-corrected chi connectivity index (χ1v) is 10.1. The number of ether oxygens (including phenoxy) is 2. The fourth-order valence-electron chi connectivity index (χ4n) is 2.64. The molecule has 0 radical (unpaired) electrons. The maximum absolute atomic E-state index is 12.2. The summed E-state index contributed by atoms with van der Waals surface area (Å²) < 4.78 is 10.4. The van der Waals surface area contributed by atoms with Gasteiger partial charge in [-0.1, -0.05) is 17.8 Å². The zero-order valence-electron chi connectivity index (χ0n) is 16.7. The van der Waals surface area contributed by atoms with Gasteiger partial charge in [0, 0.05) is 29.6 Å². The molecule has 1 heterocycles. The van der Waals surface area contributed by atoms with Crippen molar-refractivity contribution in [2.45, 2.75) is 44.9 Å². The summed E-state index contributed by atoms with van der Waals surface area (Å²) in [5, 5.41) is 3.42. The molecule has 0 saturated heterocycles. The molecule has 8 heteroatoms. The van der Waals surface area contributed by atoms with Crippen LogP contribution in [0, 0.1) is 13.8 Å². The molecule has 0 saturated carbocycles. The number of carbonyl (C=O) groups excluding carboxylic acids is 2. The minimum Gasteiger partial charge on any atom is -0.497 e. The molecule has 0 aliphatic carbocycles. The second-order valence-corrected chi connectivity index (χ2v) is 6.99. The van der Waals surface area contributed by atoms with Crippen LogP contribution in [0.15, 0.2) is 29.4 Å². The first-order valence-electron chi connectivity index (χ1n) is 8.86. The average molecular weight is 404 g/mol. The zero-order chi connectivity index (χ0) is 20.7. The van der Waals surface area contributed by atoms with E-state index in [1.807, 2.05) is 20.1 Å². The van der Waals surface area contributed by atoms with Gasteiger partial charge >= 0.3 is 5.97 Å². The maximum atomic E-state index is 12.2. The Morgan fingerprint density at radius 3 is 2.50 bits per heavy atom. The number of rotatable bonds is 8. The van der Waals surface area contributed by atoms with Crippen LogP contribution in [0.1, 0.15) is 30.3 Å². The average Bonchev–Trinajstić information content (AvgIpc) is 2.67. The Morgan fingerprint density at radius 2 is 1.89 bits per heavy atom. The number of nitrogens with zero attached hydrogens (tertiary/aromatic N) is 2. The molecule has 2 rings (SSSR count). The van der Waals surface area contributed by atoms with Crippen molar-refractivity contribution in [3.05, 3.63) is 41.2 Å². The Hall–Kier alpha value is -2.61. The van der Waals surface area contributed by atoms with Crippen molar-refractivity contribution >= 4 is 29.3 Å². The summed E-state index contributed by atoms with van der Waals surface area (Å²) in [4.78, 5) is 33.2. The standard InChI is InChI=1S/C20H25N3O4S/c1-12-17(13(2)22-20(21-12)28-5)9-10-18(24)27-14(3)19(25)23-15-7-6-8-16(11-15)26-4/h6-8,11,14H,9-10H2,1-5H3,(H,23,25)/t14-/m0/s1. The largest absolute Gasteiger partial charge is 0.497 e. The highest BCUT2D eigenvalue weighted by atomic mass is 32.2. The van der Waals surface area contributed by atoms with Gasteiger partial charge in [0.15, 0.2) is 11.3 Å². The fourth-order valence-corrected chi connectivity index (χ4v) is 3.10. The predicted molar refractivity (Wildman–Crippen MR) is 109 cm³/mol. The quantitative estimate of drug-likeness (QED) is 0.411. The third kappa shape index (κ3) is 5.95. The summed E-state index contributed by atoms with van der Waals surface area (Å²) >= 11 is 1.48. The van der Waals surface area contributed by atoms with Crippen molar-refractivity contribution in [2.24, 2.45) is 0 Å². The molecule has 0 fully saturated rings. The summed E-state index contributed by atoms with van der Waals surface area (Å²) in [6, 6.07) is 6.97. The van der Waals surface area contributed by atoms with Crippen molar-refractivity contribution in [1.29, 1.82) is 0 Å². The molecule has 1 aromatic heterocycles. The number of hydrogen-bond donors (Lipinski definition) is 1. The molecule has 1 amide bonds. The molecular formula is C20H25N3O4S. The molecule has 0 unspecified atom stereocenters. The van der Waals surface area contributed by atoms with E-state index in [0.717, 1.165) is 17.0 Å². The molecule has 1 aromatic carbocycles. The van der Waals surface area contributed by atoms with Gasteiger partial charge in [-0.05, 0) is 51.1 Å². The molecule has 1 atom stereocenters. The van der Waals surface area contributed by atoms with E-state index in [-0.39, 0.29) is 6.42 Å². The summed E-state index contributed by atoms with van der Waals surface area (Å²) in [5.41, 5.74) is 3.22. The number of aryl methyl sites for hydroxylation is 2. The minimum absolute atomic E-state index is 0.153. The molecular weight excluding hydrogens is 378 g/mol. The summed E-state index contributed by atoms with van der Waals surface area (Å²) in [7, 11) is 1.55. The second-order valence-electron chi connectivity index (χ2n) is 6.21. The number of amides is 1. The number of anilines is 1. The van der Waals surface area contributed by atoms with Crippen LogP contribution in [0.5, 0.6) is 5.75 Å². The van der Waals surface area contributed by atoms with E-state index < -0.39 is 18.0 Å². The van der Waals surface area contributed by atoms with Crippen LogP contribution in [0.25, 0.3) is 0 Å². The van der Waals surface area contributed by atoms with E-state index >= 15 is 0 Å². The van der Waals surface area contributed by atoms with Gasteiger partial charge in [0.05, 0.1) is 7.11 Å². The first kappa shape index (κ1) is 21.7. The van der Waals surface area contributed by atoms with E-state index in [1.54, 1.807) is 38.3 Å². The van der Waals surface area contributed by atoms with Crippen LogP contribution < -0.4 is 10.1 Å². The van der Waals surface area contributed by atoms with Gasteiger partial charge in [-0.25, -0.2) is 9.97 Å². The molecule has 0 spiro atoms. The zero-order valence-corrected chi connectivity index (χ0v) is 17.6. The van der Waals surface area contributed by atoms with Gasteiger partial charge in [0.2, 0.25) is 0 Å². The highest BCUT2D eigenvalue weighted by molar-refractivity contribution is 7.98. The summed E-state index contributed by atoms with van der Waals surface area (Å²) in [6.45, 7) is 5.35. The van der Waals surface area contributed by atoms with E-state index in [9.17, 15) is 9.59 Å². The van der Waals surface area contributed by atoms with Gasteiger partial charge in [-0.2, -0.15) is 0 Å². The molecule has 1 N–H and O–H groups in total. The highest BCUT2D eigenvalue weighted by Crippen LogP contribution is 2.18. The Balaban J connectivity index is 1.89. The van der Waals surface area contributed by atoms with Crippen molar-refractivity contribution < 1.29 is 19.1 Å². The smallest absolute Gasteiger partial charge is 0.306 e. The van der Waals surface area contributed by atoms with Gasteiger partial charge in [-0.3, -0.25) is 9.59 Å². The maximum Gasteiger partial charge on any atom is 0.306 e. The van der Waals surface area contributed by atoms with Crippen LogP contribution in [0.4, 0.5) is 5.69 Å². The third-order valence-corrected chi connectivity index (χ3v) is 4.72. The van der Waals surface area contributed by atoms with Gasteiger partial charge in [-0.15, -0.1) is 0 Å². The topological polar surface area (TPSA) is 90.4 Å². The molecule has 0 aliphatic rings. The monoisotopic (exact) mass is 403 g/mol.